The maximum absolute atomic E-state index is 5.46. The normalized spacial score (nSPS) is 26.8. The molecule has 0 heterocycles. The first kappa shape index (κ1) is 5.56. The third kappa shape index (κ3) is 0.980. The molecule has 0 spiro atoms. The van der Waals surface area contributed by atoms with Gasteiger partial charge in [0.2, 0.25) is 0 Å². The second-order valence-corrected chi connectivity index (χ2v) is 2.01. The summed E-state index contributed by atoms with van der Waals surface area (Å²) in [7, 11) is 1.55. The smallest absolute Gasteiger partial charge is 0.106 e. The standard InChI is InChI=1S/C5H10N2O/c1-8-7-5-2-4(6)3-5/h4H,2-3,6H2,1H3. The molecule has 0 atom stereocenters. The van der Waals surface area contributed by atoms with Crippen LogP contribution in [0.15, 0.2) is 5.16 Å². The number of oxime groups is 1. The van der Waals surface area contributed by atoms with Gasteiger partial charge in [-0.25, -0.2) is 0 Å². The first-order valence-corrected chi connectivity index (χ1v) is 2.67. The first-order chi connectivity index (χ1) is 3.83. The molecular weight excluding hydrogens is 104 g/mol. The van der Waals surface area contributed by atoms with Gasteiger partial charge in [0.1, 0.15) is 7.11 Å². The molecule has 0 aromatic rings. The van der Waals surface area contributed by atoms with Crippen LogP contribution < -0.4 is 5.73 Å². The van der Waals surface area contributed by atoms with Gasteiger partial charge >= 0.3 is 0 Å². The van der Waals surface area contributed by atoms with E-state index < -0.39 is 0 Å². The van der Waals surface area contributed by atoms with Crippen molar-refractivity contribution in [2.75, 3.05) is 7.11 Å². The lowest BCUT2D eigenvalue weighted by Gasteiger charge is -2.21. The van der Waals surface area contributed by atoms with E-state index in [4.69, 9.17) is 5.73 Å². The molecule has 1 fully saturated rings. The van der Waals surface area contributed by atoms with Gasteiger partial charge in [-0.05, 0) is 0 Å². The Hall–Kier alpha value is -0.570. The maximum atomic E-state index is 5.46. The van der Waals surface area contributed by atoms with Crippen LogP contribution in [0.4, 0.5) is 0 Å². The lowest BCUT2D eigenvalue weighted by Crippen LogP contribution is -2.36. The fraction of sp³-hybridized carbons (Fsp3) is 0.800. The summed E-state index contributed by atoms with van der Waals surface area (Å²) in [6.07, 6.45) is 1.82. The van der Waals surface area contributed by atoms with E-state index in [1.54, 1.807) is 7.11 Å². The fourth-order valence-electron chi connectivity index (χ4n) is 0.749. The van der Waals surface area contributed by atoms with E-state index in [-0.39, 0.29) is 0 Å². The molecule has 0 saturated heterocycles. The van der Waals surface area contributed by atoms with Gasteiger partial charge in [-0.3, -0.25) is 0 Å². The number of hydrogen-bond acceptors (Lipinski definition) is 3. The number of nitrogens with two attached hydrogens (primary N) is 1. The predicted octanol–water partition coefficient (Wildman–Crippen LogP) is 0.110. The summed E-state index contributed by atoms with van der Waals surface area (Å²) in [5.74, 6) is 0. The van der Waals surface area contributed by atoms with Crippen LogP contribution in [0, 0.1) is 0 Å². The number of nitrogens with zero attached hydrogens (tertiary/aromatic N) is 1. The Morgan fingerprint density at radius 2 is 2.38 bits per heavy atom. The molecule has 3 nitrogen and oxygen atoms in total. The molecule has 0 radical (unpaired) electrons. The van der Waals surface area contributed by atoms with Gasteiger partial charge in [-0.1, -0.05) is 5.16 Å². The average molecular weight is 114 g/mol. The third-order valence-corrected chi connectivity index (χ3v) is 1.22. The van der Waals surface area contributed by atoms with Crippen molar-refractivity contribution < 1.29 is 4.84 Å². The zero-order valence-electron chi connectivity index (χ0n) is 4.92. The SMILES string of the molecule is CON=C1CC(N)C1. The second-order valence-electron chi connectivity index (χ2n) is 2.01. The molecular formula is C5H10N2O. The van der Waals surface area contributed by atoms with E-state index in [1.165, 1.54) is 0 Å². The van der Waals surface area contributed by atoms with Crippen molar-refractivity contribution in [1.29, 1.82) is 0 Å². The lowest BCUT2D eigenvalue weighted by atomic mass is 9.92. The van der Waals surface area contributed by atoms with Crippen LogP contribution in [-0.2, 0) is 4.84 Å². The van der Waals surface area contributed by atoms with Crippen molar-refractivity contribution in [3.63, 3.8) is 0 Å². The summed E-state index contributed by atoms with van der Waals surface area (Å²) in [5.41, 5.74) is 6.55. The third-order valence-electron chi connectivity index (χ3n) is 1.22. The molecule has 1 rings (SSSR count). The summed E-state index contributed by atoms with van der Waals surface area (Å²) in [6.45, 7) is 0. The molecule has 8 heavy (non-hydrogen) atoms. The lowest BCUT2D eigenvalue weighted by molar-refractivity contribution is 0.209. The molecule has 1 aliphatic carbocycles. The van der Waals surface area contributed by atoms with Crippen LogP contribution >= 0.6 is 0 Å². The highest BCUT2D eigenvalue weighted by Crippen LogP contribution is 2.13. The van der Waals surface area contributed by atoms with E-state index >= 15 is 0 Å². The van der Waals surface area contributed by atoms with Gasteiger partial charge in [0, 0.05) is 18.9 Å². The average Bonchev–Trinajstić information content (AvgIpc) is 1.64. The summed E-state index contributed by atoms with van der Waals surface area (Å²) < 4.78 is 0. The van der Waals surface area contributed by atoms with Crippen LogP contribution in [0.25, 0.3) is 0 Å². The molecule has 46 valence electrons. The minimum Gasteiger partial charge on any atom is -0.399 e. The Morgan fingerprint density at radius 3 is 2.75 bits per heavy atom. The van der Waals surface area contributed by atoms with Crippen molar-refractivity contribution in [2.45, 2.75) is 18.9 Å². The zero-order chi connectivity index (χ0) is 5.98. The minimum absolute atomic E-state index is 0.337. The van der Waals surface area contributed by atoms with Crippen LogP contribution in [0.5, 0.6) is 0 Å². The Labute approximate surface area is 48.5 Å². The summed E-state index contributed by atoms with van der Waals surface area (Å²) in [4.78, 5) is 4.53. The van der Waals surface area contributed by atoms with E-state index in [2.05, 4.69) is 9.99 Å². The van der Waals surface area contributed by atoms with Crippen molar-refractivity contribution in [3.8, 4) is 0 Å². The molecule has 0 aromatic carbocycles. The van der Waals surface area contributed by atoms with Crippen LogP contribution in [0.1, 0.15) is 12.8 Å². The summed E-state index contributed by atoms with van der Waals surface area (Å²) >= 11 is 0. The van der Waals surface area contributed by atoms with E-state index in [1.807, 2.05) is 0 Å². The number of hydrogen-bond donors (Lipinski definition) is 1. The van der Waals surface area contributed by atoms with E-state index in [9.17, 15) is 0 Å². The Bertz CT molecular complexity index is 103. The largest absolute Gasteiger partial charge is 0.399 e. The second kappa shape index (κ2) is 2.13. The molecule has 0 bridgehead atoms. The van der Waals surface area contributed by atoms with E-state index in [0.717, 1.165) is 18.6 Å². The molecule has 0 amide bonds. The van der Waals surface area contributed by atoms with Gasteiger partial charge in [0.15, 0.2) is 0 Å². The summed E-state index contributed by atoms with van der Waals surface area (Å²) in [6, 6.07) is 0.337. The highest BCUT2D eigenvalue weighted by molar-refractivity contribution is 5.90. The zero-order valence-corrected chi connectivity index (χ0v) is 4.92. The Kier molecular flexibility index (Phi) is 1.48. The van der Waals surface area contributed by atoms with Crippen LogP contribution in [0.2, 0.25) is 0 Å². The minimum atomic E-state index is 0.337. The highest BCUT2D eigenvalue weighted by atomic mass is 16.6. The van der Waals surface area contributed by atoms with Gasteiger partial charge in [-0.15, -0.1) is 0 Å². The molecule has 3 heteroatoms. The molecule has 1 saturated carbocycles. The first-order valence-electron chi connectivity index (χ1n) is 2.67. The quantitative estimate of drug-likeness (QED) is 0.492. The van der Waals surface area contributed by atoms with Gasteiger partial charge in [0.25, 0.3) is 0 Å². The van der Waals surface area contributed by atoms with Crippen molar-refractivity contribution in [2.24, 2.45) is 10.9 Å². The van der Waals surface area contributed by atoms with Crippen molar-refractivity contribution >= 4 is 5.71 Å². The molecule has 0 aromatic heterocycles. The van der Waals surface area contributed by atoms with Gasteiger partial charge < -0.3 is 10.6 Å². The molecule has 0 unspecified atom stereocenters. The molecule has 0 aliphatic heterocycles. The van der Waals surface area contributed by atoms with E-state index in [0.29, 0.717) is 6.04 Å². The monoisotopic (exact) mass is 114 g/mol. The predicted molar refractivity (Wildman–Crippen MR) is 31.7 cm³/mol. The summed E-state index contributed by atoms with van der Waals surface area (Å²) in [5, 5.41) is 3.72. The van der Waals surface area contributed by atoms with Gasteiger partial charge in [-0.2, -0.15) is 0 Å². The molecule has 2 N–H and O–H groups in total. The van der Waals surface area contributed by atoms with Crippen LogP contribution in [0.3, 0.4) is 0 Å². The van der Waals surface area contributed by atoms with Crippen molar-refractivity contribution in [1.82, 2.24) is 0 Å². The molecule has 1 aliphatic rings. The topological polar surface area (TPSA) is 47.6 Å². The Balaban J connectivity index is 2.23. The Morgan fingerprint density at radius 1 is 1.75 bits per heavy atom. The maximum Gasteiger partial charge on any atom is 0.106 e. The fourth-order valence-corrected chi connectivity index (χ4v) is 0.749. The highest BCUT2D eigenvalue weighted by Gasteiger charge is 2.20. The van der Waals surface area contributed by atoms with Crippen LogP contribution in [-0.4, -0.2) is 18.9 Å². The van der Waals surface area contributed by atoms with Crippen molar-refractivity contribution in [3.05, 3.63) is 0 Å². The van der Waals surface area contributed by atoms with Gasteiger partial charge in [0.05, 0.1) is 5.71 Å². The number of rotatable bonds is 1.